The Morgan fingerprint density at radius 3 is 2.84 bits per heavy atom. The maximum absolute atomic E-state index is 13.4. The lowest BCUT2D eigenvalue weighted by molar-refractivity contribution is 0.587. The summed E-state index contributed by atoms with van der Waals surface area (Å²) in [4.78, 5) is 18.0. The van der Waals surface area contributed by atoms with E-state index in [0.29, 0.717) is 18.1 Å². The number of rotatable bonds is 4. The van der Waals surface area contributed by atoms with E-state index in [1.165, 1.54) is 6.07 Å². The average molecular weight is 265 g/mol. The summed E-state index contributed by atoms with van der Waals surface area (Å²) in [6, 6.07) is 4.50. The van der Waals surface area contributed by atoms with Gasteiger partial charge in [0.05, 0.1) is 0 Å². The van der Waals surface area contributed by atoms with Crippen molar-refractivity contribution in [2.75, 3.05) is 5.32 Å². The van der Waals surface area contributed by atoms with Crippen molar-refractivity contribution in [3.8, 4) is 0 Å². The van der Waals surface area contributed by atoms with Gasteiger partial charge in [-0.3, -0.25) is 4.79 Å². The monoisotopic (exact) mass is 265 g/mol. The van der Waals surface area contributed by atoms with Crippen LogP contribution in [0.25, 0.3) is 0 Å². The third-order valence-corrected chi connectivity index (χ3v) is 2.59. The summed E-state index contributed by atoms with van der Waals surface area (Å²) >= 11 is 0. The summed E-state index contributed by atoms with van der Waals surface area (Å²) < 4.78 is 26.4. The summed E-state index contributed by atoms with van der Waals surface area (Å²) in [5.74, 6) is -0.139. The number of hydrogen-bond acceptors (Lipinski definition) is 3. The first kappa shape index (κ1) is 13.2. The first-order valence-electron chi connectivity index (χ1n) is 5.86. The van der Waals surface area contributed by atoms with Crippen LogP contribution >= 0.6 is 0 Å². The molecular formula is C13H13F2N3O. The number of aromatic nitrogens is 2. The van der Waals surface area contributed by atoms with Crippen LogP contribution in [0.5, 0.6) is 0 Å². The maximum Gasteiger partial charge on any atom is 0.252 e. The maximum atomic E-state index is 13.4. The number of aryl methyl sites for hydroxylation is 1. The zero-order valence-electron chi connectivity index (χ0n) is 10.3. The fourth-order valence-corrected chi connectivity index (χ4v) is 1.63. The highest BCUT2D eigenvalue weighted by molar-refractivity contribution is 5.35. The van der Waals surface area contributed by atoms with E-state index in [0.717, 1.165) is 18.2 Å². The fourth-order valence-electron chi connectivity index (χ4n) is 1.63. The molecule has 2 N–H and O–H groups in total. The Hall–Kier alpha value is -2.24. The average Bonchev–Trinajstić information content (AvgIpc) is 2.39. The topological polar surface area (TPSA) is 57.8 Å². The molecule has 0 aliphatic carbocycles. The highest BCUT2D eigenvalue weighted by Crippen LogP contribution is 2.11. The molecule has 19 heavy (non-hydrogen) atoms. The number of halogens is 2. The number of nitrogens with zero attached hydrogens (tertiary/aromatic N) is 1. The summed E-state index contributed by atoms with van der Waals surface area (Å²) in [5, 5.41) is 2.81. The molecule has 6 heteroatoms. The second kappa shape index (κ2) is 5.60. The van der Waals surface area contributed by atoms with E-state index in [1.807, 2.05) is 6.92 Å². The van der Waals surface area contributed by atoms with Gasteiger partial charge < -0.3 is 10.3 Å². The van der Waals surface area contributed by atoms with Gasteiger partial charge in [0.2, 0.25) is 0 Å². The van der Waals surface area contributed by atoms with Gasteiger partial charge in [0, 0.05) is 24.6 Å². The lowest BCUT2D eigenvalue weighted by Gasteiger charge is -2.07. The summed E-state index contributed by atoms with van der Waals surface area (Å²) in [7, 11) is 0. The standard InChI is InChI=1S/C13H13F2N3O/c1-2-11-17-12(6-13(19)18-11)16-7-8-5-9(14)3-4-10(8)15/h3-6H,2,7H2,1H3,(H2,16,17,18,19). The Balaban J connectivity index is 2.16. The van der Waals surface area contributed by atoms with Gasteiger partial charge in [-0.25, -0.2) is 13.8 Å². The van der Waals surface area contributed by atoms with Gasteiger partial charge in [-0.05, 0) is 18.2 Å². The summed E-state index contributed by atoms with van der Waals surface area (Å²) in [6.07, 6.45) is 0.582. The Morgan fingerprint density at radius 1 is 1.32 bits per heavy atom. The Bertz CT molecular complexity index is 640. The van der Waals surface area contributed by atoms with Crippen molar-refractivity contribution in [3.63, 3.8) is 0 Å². The molecule has 0 radical (unpaired) electrons. The highest BCUT2D eigenvalue weighted by Gasteiger charge is 2.05. The van der Waals surface area contributed by atoms with Crippen molar-refractivity contribution in [3.05, 3.63) is 57.6 Å². The summed E-state index contributed by atoms with van der Waals surface area (Å²) in [5.41, 5.74) is -0.103. The minimum absolute atomic E-state index is 0.0587. The van der Waals surface area contributed by atoms with E-state index in [1.54, 1.807) is 0 Å². The first-order valence-corrected chi connectivity index (χ1v) is 5.86. The van der Waals surface area contributed by atoms with Crippen LogP contribution in [-0.4, -0.2) is 9.97 Å². The van der Waals surface area contributed by atoms with Gasteiger partial charge in [0.25, 0.3) is 5.56 Å². The van der Waals surface area contributed by atoms with E-state index in [-0.39, 0.29) is 17.7 Å². The molecule has 2 rings (SSSR count). The third kappa shape index (κ3) is 3.37. The lowest BCUT2D eigenvalue weighted by atomic mass is 10.2. The van der Waals surface area contributed by atoms with E-state index in [4.69, 9.17) is 0 Å². The number of anilines is 1. The van der Waals surface area contributed by atoms with Gasteiger partial charge >= 0.3 is 0 Å². The van der Waals surface area contributed by atoms with Gasteiger partial charge in [0.1, 0.15) is 23.3 Å². The lowest BCUT2D eigenvalue weighted by Crippen LogP contribution is -2.13. The normalized spacial score (nSPS) is 10.5. The van der Waals surface area contributed by atoms with Crippen molar-refractivity contribution in [2.24, 2.45) is 0 Å². The van der Waals surface area contributed by atoms with Gasteiger partial charge in [0.15, 0.2) is 0 Å². The Kier molecular flexibility index (Phi) is 3.89. The number of benzene rings is 1. The molecule has 0 spiro atoms. The van der Waals surface area contributed by atoms with Crippen LogP contribution in [0.3, 0.4) is 0 Å². The molecule has 0 fully saturated rings. The molecule has 100 valence electrons. The van der Waals surface area contributed by atoms with Crippen LogP contribution in [-0.2, 0) is 13.0 Å². The van der Waals surface area contributed by atoms with Crippen molar-refractivity contribution in [2.45, 2.75) is 19.9 Å². The van der Waals surface area contributed by atoms with E-state index in [9.17, 15) is 13.6 Å². The van der Waals surface area contributed by atoms with Gasteiger partial charge in [-0.2, -0.15) is 0 Å². The molecule has 1 aromatic heterocycles. The van der Waals surface area contributed by atoms with Crippen molar-refractivity contribution in [1.82, 2.24) is 9.97 Å². The van der Waals surface area contributed by atoms with Crippen molar-refractivity contribution >= 4 is 5.82 Å². The van der Waals surface area contributed by atoms with Crippen LogP contribution in [0.15, 0.2) is 29.1 Å². The SMILES string of the molecule is CCc1nc(NCc2cc(F)ccc2F)cc(=O)[nH]1. The number of nitrogens with one attached hydrogen (secondary N) is 2. The van der Waals surface area contributed by atoms with E-state index >= 15 is 0 Å². The molecule has 0 bridgehead atoms. The second-order valence-corrected chi connectivity index (χ2v) is 4.02. The predicted molar refractivity (Wildman–Crippen MR) is 67.9 cm³/mol. The zero-order chi connectivity index (χ0) is 13.8. The molecule has 4 nitrogen and oxygen atoms in total. The minimum atomic E-state index is -0.508. The molecule has 0 atom stereocenters. The molecule has 0 unspecified atom stereocenters. The molecule has 2 aromatic rings. The van der Waals surface area contributed by atoms with Crippen LogP contribution in [0.4, 0.5) is 14.6 Å². The van der Waals surface area contributed by atoms with Crippen LogP contribution in [0.2, 0.25) is 0 Å². The first-order chi connectivity index (χ1) is 9.08. The largest absolute Gasteiger partial charge is 0.366 e. The van der Waals surface area contributed by atoms with Crippen molar-refractivity contribution in [1.29, 1.82) is 0 Å². The number of aromatic amines is 1. The van der Waals surface area contributed by atoms with Crippen LogP contribution < -0.4 is 10.9 Å². The molecule has 1 heterocycles. The minimum Gasteiger partial charge on any atom is -0.366 e. The van der Waals surface area contributed by atoms with Gasteiger partial charge in [-0.1, -0.05) is 6.92 Å². The number of H-pyrrole nitrogens is 1. The molecule has 0 saturated carbocycles. The third-order valence-electron chi connectivity index (χ3n) is 2.59. The van der Waals surface area contributed by atoms with Crippen molar-refractivity contribution < 1.29 is 8.78 Å². The van der Waals surface area contributed by atoms with E-state index in [2.05, 4.69) is 15.3 Å². The molecule has 0 saturated heterocycles. The molecule has 1 aromatic carbocycles. The fraction of sp³-hybridized carbons (Fsp3) is 0.231. The molecule has 0 amide bonds. The van der Waals surface area contributed by atoms with Crippen LogP contribution in [0.1, 0.15) is 18.3 Å². The Labute approximate surface area is 108 Å². The molecule has 0 aliphatic heterocycles. The van der Waals surface area contributed by atoms with Crippen LogP contribution in [0, 0.1) is 11.6 Å². The molecule has 0 aliphatic rings. The number of hydrogen-bond donors (Lipinski definition) is 2. The second-order valence-electron chi connectivity index (χ2n) is 4.02. The van der Waals surface area contributed by atoms with E-state index < -0.39 is 11.6 Å². The predicted octanol–water partition coefficient (Wildman–Crippen LogP) is 2.22. The smallest absolute Gasteiger partial charge is 0.252 e. The Morgan fingerprint density at radius 2 is 2.11 bits per heavy atom. The zero-order valence-corrected chi connectivity index (χ0v) is 10.3. The molecular weight excluding hydrogens is 252 g/mol. The van der Waals surface area contributed by atoms with Gasteiger partial charge in [-0.15, -0.1) is 0 Å². The summed E-state index contributed by atoms with van der Waals surface area (Å²) in [6.45, 7) is 1.91. The highest BCUT2D eigenvalue weighted by atomic mass is 19.1. The quantitative estimate of drug-likeness (QED) is 0.891.